The van der Waals surface area contributed by atoms with Gasteiger partial charge < -0.3 is 15.4 Å². The van der Waals surface area contributed by atoms with Gasteiger partial charge in [0.05, 0.1) is 0 Å². The number of nitrogens with one attached hydrogen (secondary N) is 2. The van der Waals surface area contributed by atoms with Gasteiger partial charge in [0.15, 0.2) is 6.10 Å². The number of hydrogen-bond donors (Lipinski definition) is 2. The Balaban J connectivity index is 1.94. The van der Waals surface area contributed by atoms with Crippen LogP contribution in [0.3, 0.4) is 0 Å². The number of ether oxygens (including phenoxy) is 1. The Labute approximate surface area is 161 Å². The highest BCUT2D eigenvalue weighted by atomic mass is 16.5. The third kappa shape index (κ3) is 6.44. The average Bonchev–Trinajstić information content (AvgIpc) is 2.62. The third-order valence-electron chi connectivity index (χ3n) is 4.12. The molecule has 2 amide bonds. The zero-order chi connectivity index (χ0) is 19.8. The monoisotopic (exact) mass is 368 g/mol. The van der Waals surface area contributed by atoms with Crippen molar-refractivity contribution in [3.8, 4) is 5.75 Å². The molecule has 0 fully saturated rings. The maximum absolute atomic E-state index is 12.4. The van der Waals surface area contributed by atoms with Gasteiger partial charge in [0, 0.05) is 17.8 Å². The molecule has 0 heterocycles. The zero-order valence-corrected chi connectivity index (χ0v) is 16.4. The number of anilines is 2. The van der Waals surface area contributed by atoms with E-state index in [0.29, 0.717) is 29.5 Å². The Bertz CT molecular complexity index is 769. The van der Waals surface area contributed by atoms with Gasteiger partial charge in [-0.3, -0.25) is 9.59 Å². The minimum Gasteiger partial charge on any atom is -0.481 e. The predicted octanol–water partition coefficient (Wildman–Crippen LogP) is 4.95. The second kappa shape index (κ2) is 9.76. The van der Waals surface area contributed by atoms with E-state index in [4.69, 9.17) is 4.74 Å². The summed E-state index contributed by atoms with van der Waals surface area (Å²) in [5, 5.41) is 5.64. The van der Waals surface area contributed by atoms with E-state index in [1.807, 2.05) is 31.2 Å². The zero-order valence-electron chi connectivity index (χ0n) is 16.4. The molecule has 0 radical (unpaired) electrons. The minimum atomic E-state index is -0.645. The van der Waals surface area contributed by atoms with Crippen molar-refractivity contribution >= 4 is 23.2 Å². The van der Waals surface area contributed by atoms with E-state index in [2.05, 4.69) is 24.5 Å². The van der Waals surface area contributed by atoms with Gasteiger partial charge >= 0.3 is 0 Å². The highest BCUT2D eigenvalue weighted by Gasteiger charge is 2.15. The Kier molecular flexibility index (Phi) is 7.41. The Morgan fingerprint density at radius 2 is 1.59 bits per heavy atom. The number of benzene rings is 2. The molecule has 27 heavy (non-hydrogen) atoms. The van der Waals surface area contributed by atoms with E-state index in [9.17, 15) is 9.59 Å². The quantitative estimate of drug-likeness (QED) is 0.692. The molecular formula is C22H28N2O3. The molecule has 0 spiro atoms. The standard InChI is InChI=1S/C22H28N2O3/c1-5-7-21(25)23-18-8-6-9-19(14-18)24-22(26)16(4)27-20-12-10-17(11-13-20)15(2)3/h6,8-16H,5,7H2,1-4H3,(H,23,25)(H,24,26). The van der Waals surface area contributed by atoms with Gasteiger partial charge in [-0.15, -0.1) is 0 Å². The van der Waals surface area contributed by atoms with E-state index >= 15 is 0 Å². The van der Waals surface area contributed by atoms with Crippen LogP contribution in [0.2, 0.25) is 0 Å². The Hall–Kier alpha value is -2.82. The van der Waals surface area contributed by atoms with Crippen molar-refractivity contribution in [1.29, 1.82) is 0 Å². The molecule has 0 aliphatic rings. The first-order chi connectivity index (χ1) is 12.9. The number of carbonyl (C=O) groups is 2. The van der Waals surface area contributed by atoms with Crippen molar-refractivity contribution in [1.82, 2.24) is 0 Å². The molecular weight excluding hydrogens is 340 g/mol. The maximum atomic E-state index is 12.4. The lowest BCUT2D eigenvalue weighted by molar-refractivity contribution is -0.122. The van der Waals surface area contributed by atoms with Gasteiger partial charge in [0.1, 0.15) is 5.75 Å². The van der Waals surface area contributed by atoms with Crippen molar-refractivity contribution in [3.63, 3.8) is 0 Å². The average molecular weight is 368 g/mol. The Morgan fingerprint density at radius 1 is 0.963 bits per heavy atom. The summed E-state index contributed by atoms with van der Waals surface area (Å²) in [6, 6.07) is 14.9. The van der Waals surface area contributed by atoms with Gasteiger partial charge in [-0.2, -0.15) is 0 Å². The Morgan fingerprint density at radius 3 is 2.19 bits per heavy atom. The van der Waals surface area contributed by atoms with Crippen LogP contribution in [0.4, 0.5) is 11.4 Å². The fourth-order valence-corrected chi connectivity index (χ4v) is 2.56. The van der Waals surface area contributed by atoms with Gasteiger partial charge in [-0.1, -0.05) is 39.0 Å². The van der Waals surface area contributed by atoms with E-state index in [1.54, 1.807) is 31.2 Å². The smallest absolute Gasteiger partial charge is 0.265 e. The van der Waals surface area contributed by atoms with Gasteiger partial charge in [-0.25, -0.2) is 0 Å². The lowest BCUT2D eigenvalue weighted by Crippen LogP contribution is -2.30. The summed E-state index contributed by atoms with van der Waals surface area (Å²) in [4.78, 5) is 24.1. The molecule has 144 valence electrons. The molecule has 5 nitrogen and oxygen atoms in total. The summed E-state index contributed by atoms with van der Waals surface area (Å²) < 4.78 is 5.73. The van der Waals surface area contributed by atoms with Gasteiger partial charge in [-0.05, 0) is 55.2 Å². The van der Waals surface area contributed by atoms with E-state index in [1.165, 1.54) is 5.56 Å². The summed E-state index contributed by atoms with van der Waals surface area (Å²) in [6.45, 7) is 7.92. The van der Waals surface area contributed by atoms with Crippen LogP contribution >= 0.6 is 0 Å². The van der Waals surface area contributed by atoms with Crippen LogP contribution in [0, 0.1) is 0 Å². The van der Waals surface area contributed by atoms with Crippen molar-refractivity contribution in [3.05, 3.63) is 54.1 Å². The molecule has 0 aliphatic carbocycles. The van der Waals surface area contributed by atoms with Crippen LogP contribution < -0.4 is 15.4 Å². The fourth-order valence-electron chi connectivity index (χ4n) is 2.56. The molecule has 0 bridgehead atoms. The second-order valence-corrected chi connectivity index (χ2v) is 6.85. The first kappa shape index (κ1) is 20.5. The number of amides is 2. The summed E-state index contributed by atoms with van der Waals surface area (Å²) in [5.74, 6) is 0.815. The normalized spacial score (nSPS) is 11.7. The largest absolute Gasteiger partial charge is 0.481 e. The third-order valence-corrected chi connectivity index (χ3v) is 4.12. The van der Waals surface area contributed by atoms with Crippen LogP contribution in [0.15, 0.2) is 48.5 Å². The summed E-state index contributed by atoms with van der Waals surface area (Å²) in [6.07, 6.45) is 0.611. The second-order valence-electron chi connectivity index (χ2n) is 6.85. The van der Waals surface area contributed by atoms with E-state index < -0.39 is 6.10 Å². The van der Waals surface area contributed by atoms with E-state index in [-0.39, 0.29) is 11.8 Å². The first-order valence-electron chi connectivity index (χ1n) is 9.36. The molecule has 2 rings (SSSR count). The predicted molar refractivity (Wildman–Crippen MR) is 109 cm³/mol. The van der Waals surface area contributed by atoms with Crippen molar-refractivity contribution < 1.29 is 14.3 Å². The molecule has 5 heteroatoms. The lowest BCUT2D eigenvalue weighted by Gasteiger charge is -2.16. The van der Waals surface area contributed by atoms with Crippen molar-refractivity contribution in [2.75, 3.05) is 10.6 Å². The summed E-state index contributed by atoms with van der Waals surface area (Å²) in [5.41, 5.74) is 2.49. The first-order valence-corrected chi connectivity index (χ1v) is 9.36. The molecule has 0 aromatic heterocycles. The molecule has 2 aromatic rings. The molecule has 1 unspecified atom stereocenters. The van der Waals surface area contributed by atoms with Gasteiger partial charge in [0.25, 0.3) is 5.91 Å². The molecule has 0 aliphatic heterocycles. The highest BCUT2D eigenvalue weighted by molar-refractivity contribution is 5.96. The molecule has 1 atom stereocenters. The van der Waals surface area contributed by atoms with Crippen molar-refractivity contribution in [2.24, 2.45) is 0 Å². The maximum Gasteiger partial charge on any atom is 0.265 e. The number of carbonyl (C=O) groups excluding carboxylic acids is 2. The molecule has 2 N–H and O–H groups in total. The summed E-state index contributed by atoms with van der Waals surface area (Å²) in [7, 11) is 0. The van der Waals surface area contributed by atoms with Crippen LogP contribution in [0.5, 0.6) is 5.75 Å². The topological polar surface area (TPSA) is 67.4 Å². The number of rotatable bonds is 8. The minimum absolute atomic E-state index is 0.0393. The van der Waals surface area contributed by atoms with Crippen LogP contribution in [-0.4, -0.2) is 17.9 Å². The summed E-state index contributed by atoms with van der Waals surface area (Å²) >= 11 is 0. The molecule has 0 saturated carbocycles. The van der Waals surface area contributed by atoms with E-state index in [0.717, 1.165) is 6.42 Å². The lowest BCUT2D eigenvalue weighted by atomic mass is 10.0. The molecule has 0 saturated heterocycles. The van der Waals surface area contributed by atoms with Crippen LogP contribution in [0.25, 0.3) is 0 Å². The van der Waals surface area contributed by atoms with Crippen LogP contribution in [-0.2, 0) is 9.59 Å². The van der Waals surface area contributed by atoms with Gasteiger partial charge in [0.2, 0.25) is 5.91 Å². The highest BCUT2D eigenvalue weighted by Crippen LogP contribution is 2.20. The van der Waals surface area contributed by atoms with Crippen LogP contribution in [0.1, 0.15) is 52.0 Å². The van der Waals surface area contributed by atoms with Crippen molar-refractivity contribution in [2.45, 2.75) is 52.6 Å². The molecule has 2 aromatic carbocycles. The number of hydrogen-bond acceptors (Lipinski definition) is 3. The SMILES string of the molecule is CCCC(=O)Nc1cccc(NC(=O)C(C)Oc2ccc(C(C)C)cc2)c1. The fraction of sp³-hybridized carbons (Fsp3) is 0.364.